The molecule has 1 aliphatic rings. The SMILES string of the molecule is CN(C)C(=O)c1nn2c(c1-c1ncnc3c(F)c(-c4cc(O)cc5ccccc45)c(F)cc13)CNCCC2. The zero-order valence-corrected chi connectivity index (χ0v) is 20.8. The topological polar surface area (TPSA) is 96.2 Å². The minimum absolute atomic E-state index is 0.0939. The number of amides is 1. The van der Waals surface area contributed by atoms with Crippen LogP contribution in [0.4, 0.5) is 8.78 Å². The van der Waals surface area contributed by atoms with Crippen LogP contribution in [0.25, 0.3) is 44.1 Å². The molecule has 6 rings (SSSR count). The van der Waals surface area contributed by atoms with Gasteiger partial charge in [-0.1, -0.05) is 24.3 Å². The summed E-state index contributed by atoms with van der Waals surface area (Å²) in [4.78, 5) is 23.1. The fraction of sp³-hybridized carbons (Fsp3) is 0.214. The van der Waals surface area contributed by atoms with Gasteiger partial charge in [0, 0.05) is 32.6 Å². The van der Waals surface area contributed by atoms with E-state index in [0.29, 0.717) is 29.4 Å². The van der Waals surface area contributed by atoms with Crippen LogP contribution in [-0.2, 0) is 13.1 Å². The quantitative estimate of drug-likeness (QED) is 0.368. The fourth-order valence-corrected chi connectivity index (χ4v) is 5.11. The van der Waals surface area contributed by atoms with E-state index in [0.717, 1.165) is 18.7 Å². The fourth-order valence-electron chi connectivity index (χ4n) is 5.11. The first-order valence-electron chi connectivity index (χ1n) is 12.2. The summed E-state index contributed by atoms with van der Waals surface area (Å²) in [5.74, 6) is -2.16. The van der Waals surface area contributed by atoms with Crippen LogP contribution in [0.3, 0.4) is 0 Å². The Hall–Kier alpha value is -4.44. The van der Waals surface area contributed by atoms with Gasteiger partial charge in [0.1, 0.15) is 23.4 Å². The molecule has 10 heteroatoms. The maximum atomic E-state index is 16.2. The summed E-state index contributed by atoms with van der Waals surface area (Å²) < 4.78 is 33.8. The van der Waals surface area contributed by atoms with Crippen LogP contribution in [-0.4, -0.2) is 56.3 Å². The molecule has 0 spiro atoms. The highest BCUT2D eigenvalue weighted by Gasteiger charge is 2.29. The molecule has 0 saturated carbocycles. The summed E-state index contributed by atoms with van der Waals surface area (Å²) in [6.07, 6.45) is 2.03. The third-order valence-electron chi connectivity index (χ3n) is 6.86. The van der Waals surface area contributed by atoms with Gasteiger partial charge in [-0.2, -0.15) is 5.10 Å². The Bertz CT molecular complexity index is 1750. The highest BCUT2D eigenvalue weighted by molar-refractivity contribution is 6.05. The van der Waals surface area contributed by atoms with Crippen LogP contribution in [0.2, 0.25) is 0 Å². The monoisotopic (exact) mass is 514 g/mol. The van der Waals surface area contributed by atoms with Gasteiger partial charge in [0.25, 0.3) is 5.91 Å². The van der Waals surface area contributed by atoms with Gasteiger partial charge < -0.3 is 15.3 Å². The van der Waals surface area contributed by atoms with E-state index in [9.17, 15) is 9.90 Å². The Morgan fingerprint density at radius 1 is 1.08 bits per heavy atom. The molecule has 0 fully saturated rings. The van der Waals surface area contributed by atoms with Gasteiger partial charge in [-0.3, -0.25) is 9.48 Å². The smallest absolute Gasteiger partial charge is 0.274 e. The average Bonchev–Trinajstić information content (AvgIpc) is 3.09. The maximum Gasteiger partial charge on any atom is 0.274 e. The van der Waals surface area contributed by atoms with Crippen LogP contribution in [0, 0.1) is 11.6 Å². The number of fused-ring (bicyclic) bond motifs is 3. The van der Waals surface area contributed by atoms with E-state index in [4.69, 9.17) is 0 Å². The summed E-state index contributed by atoms with van der Waals surface area (Å²) in [7, 11) is 3.25. The van der Waals surface area contributed by atoms with Crippen molar-refractivity contribution in [3.05, 3.63) is 71.8 Å². The van der Waals surface area contributed by atoms with E-state index in [1.807, 2.05) is 0 Å². The van der Waals surface area contributed by atoms with Gasteiger partial charge in [-0.15, -0.1) is 0 Å². The number of hydrogen-bond acceptors (Lipinski definition) is 6. The predicted molar refractivity (Wildman–Crippen MR) is 140 cm³/mol. The molecule has 3 heterocycles. The Morgan fingerprint density at radius 3 is 2.71 bits per heavy atom. The van der Waals surface area contributed by atoms with Gasteiger partial charge in [-0.25, -0.2) is 18.7 Å². The van der Waals surface area contributed by atoms with E-state index >= 15 is 8.78 Å². The van der Waals surface area contributed by atoms with Crippen molar-refractivity contribution in [2.75, 3.05) is 20.6 Å². The van der Waals surface area contributed by atoms with Gasteiger partial charge >= 0.3 is 0 Å². The molecule has 1 aliphatic heterocycles. The molecule has 0 saturated heterocycles. The molecule has 1 amide bonds. The number of aryl methyl sites for hydroxylation is 1. The summed E-state index contributed by atoms with van der Waals surface area (Å²) >= 11 is 0. The molecule has 0 radical (unpaired) electrons. The number of hydrogen-bond donors (Lipinski definition) is 2. The summed E-state index contributed by atoms with van der Waals surface area (Å²) in [5.41, 5.74) is 1.37. The predicted octanol–water partition coefficient (Wildman–Crippen LogP) is 4.49. The van der Waals surface area contributed by atoms with Crippen molar-refractivity contribution in [1.29, 1.82) is 0 Å². The number of nitrogens with one attached hydrogen (secondary N) is 1. The first-order chi connectivity index (χ1) is 18.3. The van der Waals surface area contributed by atoms with Gasteiger partial charge in [0.15, 0.2) is 11.5 Å². The number of aromatic hydroxyl groups is 1. The van der Waals surface area contributed by atoms with E-state index < -0.39 is 11.6 Å². The minimum Gasteiger partial charge on any atom is -0.508 e. The van der Waals surface area contributed by atoms with Crippen molar-refractivity contribution in [2.45, 2.75) is 19.5 Å². The van der Waals surface area contributed by atoms with Crippen molar-refractivity contribution in [3.8, 4) is 28.1 Å². The van der Waals surface area contributed by atoms with E-state index in [-0.39, 0.29) is 45.1 Å². The number of phenols is 1. The molecule has 0 atom stereocenters. The molecular weight excluding hydrogens is 490 g/mol. The number of carbonyl (C=O) groups is 1. The number of benzene rings is 3. The molecule has 2 aromatic heterocycles. The van der Waals surface area contributed by atoms with E-state index in [2.05, 4.69) is 20.4 Å². The number of phenolic OH excluding ortho intramolecular Hbond substituents is 1. The molecule has 2 N–H and O–H groups in total. The number of rotatable bonds is 3. The second-order valence-corrected chi connectivity index (χ2v) is 9.50. The zero-order valence-electron chi connectivity index (χ0n) is 20.8. The van der Waals surface area contributed by atoms with E-state index in [1.54, 1.807) is 49.1 Å². The lowest BCUT2D eigenvalue weighted by Crippen LogP contribution is -2.23. The summed E-state index contributed by atoms with van der Waals surface area (Å²) in [6.45, 7) is 1.79. The normalized spacial score (nSPS) is 13.5. The van der Waals surface area contributed by atoms with Crippen LogP contribution in [0.15, 0.2) is 48.8 Å². The Labute approximate surface area is 216 Å². The highest BCUT2D eigenvalue weighted by Crippen LogP contribution is 2.40. The molecular formula is C28H24F2N6O2. The number of aromatic nitrogens is 4. The molecule has 8 nitrogen and oxygen atoms in total. The second-order valence-electron chi connectivity index (χ2n) is 9.50. The van der Waals surface area contributed by atoms with Crippen LogP contribution < -0.4 is 5.32 Å². The lowest BCUT2D eigenvalue weighted by Gasteiger charge is -2.14. The lowest BCUT2D eigenvalue weighted by molar-refractivity contribution is 0.0821. The van der Waals surface area contributed by atoms with Crippen LogP contribution in [0.1, 0.15) is 22.6 Å². The molecule has 0 bridgehead atoms. The first kappa shape index (κ1) is 23.9. The van der Waals surface area contributed by atoms with Gasteiger partial charge in [0.2, 0.25) is 0 Å². The first-order valence-corrected chi connectivity index (χ1v) is 12.2. The second kappa shape index (κ2) is 9.14. The van der Waals surface area contributed by atoms with Crippen molar-refractivity contribution in [1.82, 2.24) is 30.0 Å². The Kier molecular flexibility index (Phi) is 5.76. The number of halogens is 2. The summed E-state index contributed by atoms with van der Waals surface area (Å²) in [6, 6.07) is 11.1. The Balaban J connectivity index is 1.64. The van der Waals surface area contributed by atoms with Crippen molar-refractivity contribution in [2.24, 2.45) is 0 Å². The number of nitrogens with zero attached hydrogens (tertiary/aromatic N) is 5. The Morgan fingerprint density at radius 2 is 1.89 bits per heavy atom. The highest BCUT2D eigenvalue weighted by atomic mass is 19.1. The summed E-state index contributed by atoms with van der Waals surface area (Å²) in [5, 5.41) is 19.5. The lowest BCUT2D eigenvalue weighted by atomic mass is 9.94. The molecule has 0 unspecified atom stereocenters. The van der Waals surface area contributed by atoms with Crippen molar-refractivity contribution >= 4 is 27.6 Å². The van der Waals surface area contributed by atoms with Crippen LogP contribution in [0.5, 0.6) is 5.75 Å². The van der Waals surface area contributed by atoms with Crippen molar-refractivity contribution in [3.63, 3.8) is 0 Å². The molecule has 0 aliphatic carbocycles. The van der Waals surface area contributed by atoms with E-state index in [1.165, 1.54) is 23.4 Å². The molecule has 38 heavy (non-hydrogen) atoms. The largest absolute Gasteiger partial charge is 0.508 e. The molecule has 5 aromatic rings. The zero-order chi connectivity index (χ0) is 26.6. The maximum absolute atomic E-state index is 16.2. The average molecular weight is 515 g/mol. The van der Waals surface area contributed by atoms with Gasteiger partial charge in [0.05, 0.1) is 22.5 Å². The third-order valence-corrected chi connectivity index (χ3v) is 6.86. The number of carbonyl (C=O) groups excluding carboxylic acids is 1. The van der Waals surface area contributed by atoms with Gasteiger partial charge in [-0.05, 0) is 47.5 Å². The molecule has 3 aromatic carbocycles. The van der Waals surface area contributed by atoms with Crippen molar-refractivity contribution < 1.29 is 18.7 Å². The van der Waals surface area contributed by atoms with Crippen LogP contribution >= 0.6 is 0 Å². The molecule has 192 valence electrons. The third kappa shape index (κ3) is 3.76. The standard InChI is InChI=1S/C28H24F2N6O2/c1-35(2)28(38)27-23(21-13-31-8-5-9-36(21)34-27)25-19-12-20(29)22(24(30)26(19)33-14-32-25)18-11-16(37)10-15-6-3-4-7-17(15)18/h3-4,6-7,10-12,14,31,37H,5,8-9,13H2,1-2H3. The minimum atomic E-state index is -0.878.